The summed E-state index contributed by atoms with van der Waals surface area (Å²) in [6, 6.07) is 9.53. The van der Waals surface area contributed by atoms with E-state index < -0.39 is 0 Å². The van der Waals surface area contributed by atoms with E-state index in [2.05, 4.69) is 63.8 Å². The van der Waals surface area contributed by atoms with Crippen molar-refractivity contribution < 1.29 is 0 Å². The van der Waals surface area contributed by atoms with Gasteiger partial charge in [-0.2, -0.15) is 0 Å². The fourth-order valence-corrected chi connectivity index (χ4v) is 3.46. The molecule has 1 heterocycles. The average Bonchev–Trinajstić information content (AvgIpc) is 2.90. The van der Waals surface area contributed by atoms with Crippen LogP contribution in [0.25, 0.3) is 0 Å². The van der Waals surface area contributed by atoms with Crippen LogP contribution in [0.3, 0.4) is 0 Å². The van der Waals surface area contributed by atoms with Crippen molar-refractivity contribution in [2.75, 3.05) is 13.1 Å². The lowest BCUT2D eigenvalue weighted by Crippen LogP contribution is -2.40. The smallest absolute Gasteiger partial charge is 0.0499 e. The summed E-state index contributed by atoms with van der Waals surface area (Å²) in [4.78, 5) is 2.62. The maximum atomic E-state index is 6.48. The van der Waals surface area contributed by atoms with Crippen LogP contribution in [0.1, 0.15) is 57.7 Å². The first-order chi connectivity index (χ1) is 9.82. The van der Waals surface area contributed by atoms with Gasteiger partial charge >= 0.3 is 0 Å². The van der Waals surface area contributed by atoms with Crippen LogP contribution in [0.5, 0.6) is 0 Å². The molecule has 0 aromatic heterocycles. The number of hydrogen-bond acceptors (Lipinski definition) is 2. The van der Waals surface area contributed by atoms with Gasteiger partial charge in [-0.15, -0.1) is 0 Å². The molecule has 0 spiro atoms. The molecule has 1 saturated heterocycles. The molecule has 2 N–H and O–H groups in total. The molecule has 1 aromatic carbocycles. The van der Waals surface area contributed by atoms with Gasteiger partial charge in [-0.1, -0.05) is 57.5 Å². The monoisotopic (exact) mass is 288 g/mol. The first-order valence-electron chi connectivity index (χ1n) is 8.39. The largest absolute Gasteiger partial charge is 0.326 e. The first-order valence-corrected chi connectivity index (χ1v) is 8.39. The molecule has 21 heavy (non-hydrogen) atoms. The van der Waals surface area contributed by atoms with Gasteiger partial charge in [0, 0.05) is 18.6 Å². The number of nitrogens with zero attached hydrogens (tertiary/aromatic N) is 1. The summed E-state index contributed by atoms with van der Waals surface area (Å²) in [6.07, 6.45) is 2.32. The molecule has 118 valence electrons. The lowest BCUT2D eigenvalue weighted by Gasteiger charge is -2.34. The molecule has 2 nitrogen and oxygen atoms in total. The Hall–Kier alpha value is -0.860. The van der Waals surface area contributed by atoms with Gasteiger partial charge in [-0.3, -0.25) is 4.90 Å². The fraction of sp³-hybridized carbons (Fsp3) is 0.684. The molecule has 1 fully saturated rings. The van der Waals surface area contributed by atoms with Gasteiger partial charge in [0.2, 0.25) is 0 Å². The molecule has 0 aliphatic carbocycles. The van der Waals surface area contributed by atoms with Crippen LogP contribution in [0.2, 0.25) is 0 Å². The van der Waals surface area contributed by atoms with Gasteiger partial charge in [-0.05, 0) is 43.2 Å². The van der Waals surface area contributed by atoms with Gasteiger partial charge in [-0.25, -0.2) is 0 Å². The van der Waals surface area contributed by atoms with Crippen LogP contribution >= 0.6 is 0 Å². The Labute approximate surface area is 130 Å². The zero-order valence-corrected chi connectivity index (χ0v) is 14.4. The average molecular weight is 288 g/mol. The van der Waals surface area contributed by atoms with Gasteiger partial charge in [0.25, 0.3) is 0 Å². The van der Waals surface area contributed by atoms with Crippen molar-refractivity contribution >= 4 is 0 Å². The van der Waals surface area contributed by atoms with Crippen LogP contribution in [-0.2, 0) is 0 Å². The number of likely N-dealkylation sites (tertiary alicyclic amines) is 1. The van der Waals surface area contributed by atoms with Gasteiger partial charge < -0.3 is 5.73 Å². The van der Waals surface area contributed by atoms with Crippen molar-refractivity contribution in [3.05, 3.63) is 35.4 Å². The van der Waals surface area contributed by atoms with E-state index in [1.165, 1.54) is 30.6 Å². The van der Waals surface area contributed by atoms with Crippen molar-refractivity contribution in [1.82, 2.24) is 4.90 Å². The molecule has 1 aliphatic heterocycles. The van der Waals surface area contributed by atoms with Crippen LogP contribution in [0, 0.1) is 18.3 Å². The number of nitrogens with two attached hydrogens (primary N) is 1. The lowest BCUT2D eigenvalue weighted by molar-refractivity contribution is 0.174. The lowest BCUT2D eigenvalue weighted by atomic mass is 9.80. The van der Waals surface area contributed by atoms with Gasteiger partial charge in [0.15, 0.2) is 0 Å². The number of aryl methyl sites for hydroxylation is 1. The third-order valence-corrected chi connectivity index (χ3v) is 5.13. The molecular formula is C19H32N2. The van der Waals surface area contributed by atoms with E-state index in [-0.39, 0.29) is 6.04 Å². The summed E-state index contributed by atoms with van der Waals surface area (Å²) >= 11 is 0. The summed E-state index contributed by atoms with van der Waals surface area (Å²) in [7, 11) is 0. The highest BCUT2D eigenvalue weighted by molar-refractivity contribution is 5.25. The predicted octanol–water partition coefficient (Wildman–Crippen LogP) is 4.14. The first kappa shape index (κ1) is 16.5. The van der Waals surface area contributed by atoms with Crippen molar-refractivity contribution in [1.29, 1.82) is 0 Å². The summed E-state index contributed by atoms with van der Waals surface area (Å²) < 4.78 is 0. The standard InChI is InChI=1S/C19H32N2/c1-6-17(20)18(15-9-7-14(2)8-10-15)21-12-11-16(13-21)19(3,4)5/h7-10,16-18H,6,11-13,20H2,1-5H3. The molecule has 3 atom stereocenters. The molecule has 1 aromatic rings. The van der Waals surface area contributed by atoms with E-state index >= 15 is 0 Å². The van der Waals surface area contributed by atoms with Crippen molar-refractivity contribution in [2.24, 2.45) is 17.1 Å². The Bertz CT molecular complexity index is 444. The Balaban J connectivity index is 2.20. The third kappa shape index (κ3) is 3.87. The molecule has 2 rings (SSSR count). The van der Waals surface area contributed by atoms with Crippen molar-refractivity contribution in [3.63, 3.8) is 0 Å². The molecule has 3 unspecified atom stereocenters. The minimum atomic E-state index is 0.214. The zero-order chi connectivity index (χ0) is 15.6. The van der Waals surface area contributed by atoms with Gasteiger partial charge in [0.05, 0.1) is 0 Å². The molecule has 0 saturated carbocycles. The zero-order valence-electron chi connectivity index (χ0n) is 14.4. The van der Waals surface area contributed by atoms with E-state index in [1.54, 1.807) is 0 Å². The molecule has 0 radical (unpaired) electrons. The van der Waals surface area contributed by atoms with Crippen molar-refractivity contribution in [3.8, 4) is 0 Å². The van der Waals surface area contributed by atoms with Crippen LogP contribution in [0.4, 0.5) is 0 Å². The SMILES string of the molecule is CCC(N)C(c1ccc(C)cc1)N1CCC(C(C)(C)C)C1. The van der Waals surface area contributed by atoms with E-state index in [9.17, 15) is 0 Å². The van der Waals surface area contributed by atoms with Crippen molar-refractivity contribution in [2.45, 2.75) is 59.5 Å². The number of hydrogen-bond donors (Lipinski definition) is 1. The highest BCUT2D eigenvalue weighted by atomic mass is 15.2. The maximum absolute atomic E-state index is 6.48. The van der Waals surface area contributed by atoms with E-state index in [4.69, 9.17) is 5.73 Å². The second-order valence-corrected chi connectivity index (χ2v) is 7.77. The maximum Gasteiger partial charge on any atom is 0.0499 e. The van der Waals surface area contributed by atoms with Crippen LogP contribution in [-0.4, -0.2) is 24.0 Å². The quantitative estimate of drug-likeness (QED) is 0.902. The van der Waals surface area contributed by atoms with E-state index in [0.717, 1.165) is 12.3 Å². The summed E-state index contributed by atoms with van der Waals surface area (Å²) in [6.45, 7) is 13.8. The second kappa shape index (κ2) is 6.50. The predicted molar refractivity (Wildman–Crippen MR) is 91.3 cm³/mol. The summed E-state index contributed by atoms with van der Waals surface area (Å²) in [5, 5.41) is 0. The second-order valence-electron chi connectivity index (χ2n) is 7.77. The highest BCUT2D eigenvalue weighted by Gasteiger charge is 2.36. The highest BCUT2D eigenvalue weighted by Crippen LogP contribution is 2.38. The third-order valence-electron chi connectivity index (χ3n) is 5.13. The van der Waals surface area contributed by atoms with Crippen LogP contribution < -0.4 is 5.73 Å². The normalized spacial score (nSPS) is 23.2. The molecule has 1 aliphatic rings. The molecule has 2 heteroatoms. The molecule has 0 bridgehead atoms. The minimum absolute atomic E-state index is 0.214. The van der Waals surface area contributed by atoms with E-state index in [0.29, 0.717) is 11.5 Å². The Morgan fingerprint density at radius 3 is 2.33 bits per heavy atom. The van der Waals surface area contributed by atoms with Gasteiger partial charge in [0.1, 0.15) is 0 Å². The number of benzene rings is 1. The van der Waals surface area contributed by atoms with E-state index in [1.807, 2.05) is 0 Å². The summed E-state index contributed by atoms with van der Waals surface area (Å²) in [5.41, 5.74) is 9.57. The van der Waals surface area contributed by atoms with Crippen LogP contribution in [0.15, 0.2) is 24.3 Å². The number of rotatable bonds is 4. The Morgan fingerprint density at radius 1 is 1.24 bits per heavy atom. The topological polar surface area (TPSA) is 29.3 Å². The minimum Gasteiger partial charge on any atom is -0.326 e. The Kier molecular flexibility index (Phi) is 5.11. The Morgan fingerprint density at radius 2 is 1.86 bits per heavy atom. The summed E-state index contributed by atoms with van der Waals surface area (Å²) in [5.74, 6) is 0.773. The fourth-order valence-electron chi connectivity index (χ4n) is 3.46. The molecule has 0 amide bonds. The molecular weight excluding hydrogens is 256 g/mol.